The van der Waals surface area contributed by atoms with Crippen LogP contribution in [0.3, 0.4) is 0 Å². The van der Waals surface area contributed by atoms with Gasteiger partial charge in [0, 0.05) is 23.2 Å². The van der Waals surface area contributed by atoms with Crippen LogP contribution >= 0.6 is 11.3 Å². The summed E-state index contributed by atoms with van der Waals surface area (Å²) >= 11 is 1.23. The van der Waals surface area contributed by atoms with Gasteiger partial charge in [-0.15, -0.1) is 11.3 Å². The third-order valence-electron chi connectivity index (χ3n) is 4.30. The van der Waals surface area contributed by atoms with Crippen LogP contribution in [0.5, 0.6) is 17.2 Å². The van der Waals surface area contributed by atoms with E-state index < -0.39 is 29.0 Å². The van der Waals surface area contributed by atoms with Crippen LogP contribution in [0.25, 0.3) is 11.0 Å². The SMILES string of the molecule is COc1ccc2c(=O)c(Oc3ccc(C(=O)Nc4nccs4)cc3)c(C(F)(F)F)oc2c1. The fraction of sp³-hybridized carbons (Fsp3) is 0.0952. The summed E-state index contributed by atoms with van der Waals surface area (Å²) in [5.41, 5.74) is -1.06. The summed E-state index contributed by atoms with van der Waals surface area (Å²) in [4.78, 5) is 28.9. The maximum Gasteiger partial charge on any atom is 0.453 e. The number of anilines is 1. The molecule has 0 aliphatic carbocycles. The Balaban J connectivity index is 1.68. The smallest absolute Gasteiger partial charge is 0.453 e. The number of nitrogens with one attached hydrogen (secondary N) is 1. The molecule has 1 amide bonds. The fourth-order valence-corrected chi connectivity index (χ4v) is 3.33. The molecule has 0 unspecified atom stereocenters. The lowest BCUT2D eigenvalue weighted by Crippen LogP contribution is -2.15. The first kappa shape index (κ1) is 21.4. The zero-order valence-corrected chi connectivity index (χ0v) is 17.0. The van der Waals surface area contributed by atoms with Gasteiger partial charge >= 0.3 is 6.18 Å². The van der Waals surface area contributed by atoms with Gasteiger partial charge in [0.05, 0.1) is 12.5 Å². The van der Waals surface area contributed by atoms with Crippen LogP contribution in [-0.4, -0.2) is 18.0 Å². The van der Waals surface area contributed by atoms with Crippen molar-refractivity contribution < 1.29 is 31.9 Å². The number of aromatic nitrogens is 1. The molecule has 32 heavy (non-hydrogen) atoms. The van der Waals surface area contributed by atoms with Gasteiger partial charge in [-0.05, 0) is 36.4 Å². The van der Waals surface area contributed by atoms with E-state index in [1.807, 2.05) is 0 Å². The van der Waals surface area contributed by atoms with E-state index in [0.29, 0.717) is 5.13 Å². The molecule has 0 saturated carbocycles. The van der Waals surface area contributed by atoms with Crippen molar-refractivity contribution in [2.75, 3.05) is 12.4 Å². The largest absolute Gasteiger partial charge is 0.497 e. The van der Waals surface area contributed by atoms with Crippen LogP contribution in [0.4, 0.5) is 18.3 Å². The highest BCUT2D eigenvalue weighted by atomic mass is 32.1. The molecular formula is C21H13F3N2O5S. The van der Waals surface area contributed by atoms with Crippen LogP contribution in [0.2, 0.25) is 0 Å². The third kappa shape index (κ3) is 4.28. The summed E-state index contributed by atoms with van der Waals surface area (Å²) in [5.74, 6) is -2.89. The molecule has 0 saturated heterocycles. The summed E-state index contributed by atoms with van der Waals surface area (Å²) in [6.45, 7) is 0. The molecule has 0 bridgehead atoms. The van der Waals surface area contributed by atoms with Crippen molar-refractivity contribution in [3.63, 3.8) is 0 Å². The number of benzene rings is 2. The van der Waals surface area contributed by atoms with Gasteiger partial charge < -0.3 is 13.9 Å². The number of halogens is 3. The van der Waals surface area contributed by atoms with Crippen LogP contribution in [0.15, 0.2) is 63.3 Å². The molecule has 4 rings (SSSR count). The molecule has 2 aromatic carbocycles. The average molecular weight is 462 g/mol. The predicted octanol–water partition coefficient (Wildman–Crippen LogP) is 5.32. The zero-order valence-electron chi connectivity index (χ0n) is 16.2. The quantitative estimate of drug-likeness (QED) is 0.432. The lowest BCUT2D eigenvalue weighted by atomic mass is 10.2. The number of hydrogen-bond acceptors (Lipinski definition) is 7. The normalized spacial score (nSPS) is 11.4. The van der Waals surface area contributed by atoms with E-state index >= 15 is 0 Å². The van der Waals surface area contributed by atoms with E-state index in [0.717, 1.165) is 0 Å². The van der Waals surface area contributed by atoms with Gasteiger partial charge in [0.1, 0.15) is 17.1 Å². The van der Waals surface area contributed by atoms with Crippen molar-refractivity contribution in [1.82, 2.24) is 4.98 Å². The van der Waals surface area contributed by atoms with E-state index in [2.05, 4.69) is 10.3 Å². The van der Waals surface area contributed by atoms with Gasteiger partial charge in [-0.2, -0.15) is 13.2 Å². The number of alkyl halides is 3. The number of carbonyl (C=O) groups excluding carboxylic acids is 1. The molecular weight excluding hydrogens is 449 g/mol. The second-order valence-electron chi connectivity index (χ2n) is 6.37. The predicted molar refractivity (Wildman–Crippen MR) is 111 cm³/mol. The van der Waals surface area contributed by atoms with Crippen molar-refractivity contribution in [1.29, 1.82) is 0 Å². The number of ether oxygens (including phenoxy) is 2. The number of carbonyl (C=O) groups is 1. The Morgan fingerprint density at radius 3 is 2.47 bits per heavy atom. The Morgan fingerprint density at radius 2 is 1.84 bits per heavy atom. The van der Waals surface area contributed by atoms with Gasteiger partial charge in [-0.25, -0.2) is 4.98 Å². The second-order valence-corrected chi connectivity index (χ2v) is 7.26. The van der Waals surface area contributed by atoms with Crippen molar-refractivity contribution >= 4 is 33.3 Å². The van der Waals surface area contributed by atoms with E-state index in [9.17, 15) is 22.8 Å². The molecule has 0 radical (unpaired) electrons. The fourth-order valence-electron chi connectivity index (χ4n) is 2.81. The number of rotatable bonds is 5. The Labute approximate surface area is 182 Å². The Bertz CT molecular complexity index is 1330. The van der Waals surface area contributed by atoms with Crippen molar-refractivity contribution in [3.8, 4) is 17.2 Å². The lowest BCUT2D eigenvalue weighted by molar-refractivity contribution is -0.154. The highest BCUT2D eigenvalue weighted by Crippen LogP contribution is 2.38. The summed E-state index contributed by atoms with van der Waals surface area (Å²) in [5, 5.41) is 4.56. The zero-order chi connectivity index (χ0) is 22.9. The molecule has 164 valence electrons. The minimum absolute atomic E-state index is 0.0820. The van der Waals surface area contributed by atoms with Gasteiger partial charge in [-0.1, -0.05) is 0 Å². The molecule has 7 nitrogen and oxygen atoms in total. The number of methoxy groups -OCH3 is 1. The standard InChI is InChI=1S/C21H13F3N2O5S/c1-29-13-6-7-14-15(10-13)31-18(21(22,23)24)17(16(14)27)30-12-4-2-11(3-5-12)19(28)26-20-25-8-9-32-20/h2-10H,1H3,(H,25,26,28). The topological polar surface area (TPSA) is 90.7 Å². The average Bonchev–Trinajstić information content (AvgIpc) is 3.28. The first-order chi connectivity index (χ1) is 15.3. The molecule has 0 spiro atoms. The van der Waals surface area contributed by atoms with E-state index in [1.54, 1.807) is 5.38 Å². The van der Waals surface area contributed by atoms with Crippen molar-refractivity contribution in [2.24, 2.45) is 0 Å². The molecule has 1 N–H and O–H groups in total. The molecule has 0 aliphatic heterocycles. The number of fused-ring (bicyclic) bond motifs is 1. The molecule has 0 aliphatic rings. The number of amides is 1. The highest BCUT2D eigenvalue weighted by Gasteiger charge is 2.40. The van der Waals surface area contributed by atoms with E-state index in [-0.39, 0.29) is 28.0 Å². The summed E-state index contributed by atoms with van der Waals surface area (Å²) in [6.07, 6.45) is -3.46. The molecule has 4 aromatic rings. The van der Waals surface area contributed by atoms with Crippen molar-refractivity contribution in [3.05, 3.63) is 75.6 Å². The summed E-state index contributed by atoms with van der Waals surface area (Å²) < 4.78 is 56.0. The van der Waals surface area contributed by atoms with Crippen LogP contribution in [-0.2, 0) is 6.18 Å². The Kier molecular flexibility index (Phi) is 5.57. The first-order valence-corrected chi connectivity index (χ1v) is 9.85. The molecule has 0 fully saturated rings. The van der Waals surface area contributed by atoms with Gasteiger partial charge in [0.2, 0.25) is 11.2 Å². The number of hydrogen-bond donors (Lipinski definition) is 1. The molecule has 0 atom stereocenters. The molecule has 2 heterocycles. The number of thiazole rings is 1. The molecule has 2 aromatic heterocycles. The minimum Gasteiger partial charge on any atom is -0.497 e. The van der Waals surface area contributed by atoms with Crippen LogP contribution in [0, 0.1) is 0 Å². The van der Waals surface area contributed by atoms with Crippen molar-refractivity contribution in [2.45, 2.75) is 6.18 Å². The van der Waals surface area contributed by atoms with E-state index in [4.69, 9.17) is 13.9 Å². The van der Waals surface area contributed by atoms with Crippen LogP contribution < -0.4 is 20.2 Å². The first-order valence-electron chi connectivity index (χ1n) is 8.97. The Morgan fingerprint density at radius 1 is 1.12 bits per heavy atom. The van der Waals surface area contributed by atoms with Crippen LogP contribution in [0.1, 0.15) is 16.1 Å². The monoisotopic (exact) mass is 462 g/mol. The lowest BCUT2D eigenvalue weighted by Gasteiger charge is -2.13. The second kappa shape index (κ2) is 8.35. The highest BCUT2D eigenvalue weighted by molar-refractivity contribution is 7.13. The maximum absolute atomic E-state index is 13.6. The summed E-state index contributed by atoms with van der Waals surface area (Å²) in [7, 11) is 1.34. The maximum atomic E-state index is 13.6. The molecule has 11 heteroatoms. The van der Waals surface area contributed by atoms with Gasteiger partial charge in [-0.3, -0.25) is 14.9 Å². The Hall–Kier alpha value is -3.86. The number of nitrogens with zero attached hydrogens (tertiary/aromatic N) is 1. The summed E-state index contributed by atoms with van der Waals surface area (Å²) in [6, 6.07) is 9.14. The van der Waals surface area contributed by atoms with Gasteiger partial charge in [0.15, 0.2) is 5.13 Å². The third-order valence-corrected chi connectivity index (χ3v) is 4.99. The van der Waals surface area contributed by atoms with E-state index in [1.165, 1.54) is 67.1 Å². The minimum atomic E-state index is -4.99. The van der Waals surface area contributed by atoms with Gasteiger partial charge in [0.25, 0.3) is 11.7 Å².